The second-order valence-electron chi connectivity index (χ2n) is 5.63. The van der Waals surface area contributed by atoms with E-state index in [1.807, 2.05) is 13.0 Å². The number of ether oxygens (including phenoxy) is 1. The van der Waals surface area contributed by atoms with E-state index in [0.29, 0.717) is 22.9 Å². The van der Waals surface area contributed by atoms with Gasteiger partial charge in [-0.25, -0.2) is 0 Å². The van der Waals surface area contributed by atoms with Crippen molar-refractivity contribution in [2.24, 2.45) is 0 Å². The van der Waals surface area contributed by atoms with Crippen molar-refractivity contribution in [3.8, 4) is 6.07 Å². The molecule has 0 aliphatic heterocycles. The highest BCUT2D eigenvalue weighted by atomic mass is 35.5. The molecule has 1 amide bonds. The average Bonchev–Trinajstić information content (AvgIpc) is 3.15. The first-order chi connectivity index (χ1) is 12.5. The number of hydrogen-bond donors (Lipinski definition) is 0. The van der Waals surface area contributed by atoms with Crippen LogP contribution in [0.3, 0.4) is 0 Å². The van der Waals surface area contributed by atoms with Gasteiger partial charge in [-0.05, 0) is 42.8 Å². The second kappa shape index (κ2) is 9.64. The first-order valence-corrected chi connectivity index (χ1v) is 8.50. The lowest BCUT2D eigenvalue weighted by Gasteiger charge is -2.22. The standard InChI is InChI=1S/C19H19ClN2O4/c1-14-12-15(5-7-17(14)20)22(10-3-9-21)18(23)13-26-19(24)8-6-16-4-2-11-25-16/h2,4-5,7,11-12H,3,6,8,10,13H2,1H3. The van der Waals surface area contributed by atoms with Gasteiger partial charge in [0.15, 0.2) is 6.61 Å². The number of nitriles is 1. The third-order valence-corrected chi connectivity index (χ3v) is 4.14. The van der Waals surface area contributed by atoms with E-state index in [1.165, 1.54) is 11.2 Å². The van der Waals surface area contributed by atoms with Crippen LogP contribution < -0.4 is 4.90 Å². The van der Waals surface area contributed by atoms with Gasteiger partial charge in [0, 0.05) is 23.7 Å². The van der Waals surface area contributed by atoms with Crippen molar-refractivity contribution < 1.29 is 18.7 Å². The minimum absolute atomic E-state index is 0.124. The lowest BCUT2D eigenvalue weighted by Crippen LogP contribution is -2.35. The lowest BCUT2D eigenvalue weighted by molar-refractivity contribution is -0.147. The maximum absolute atomic E-state index is 12.5. The number of anilines is 1. The topological polar surface area (TPSA) is 83.5 Å². The molecule has 26 heavy (non-hydrogen) atoms. The Morgan fingerprint density at radius 1 is 1.35 bits per heavy atom. The van der Waals surface area contributed by atoms with Crippen LogP contribution in [-0.2, 0) is 20.7 Å². The maximum atomic E-state index is 12.5. The molecular weight excluding hydrogens is 356 g/mol. The van der Waals surface area contributed by atoms with Crippen molar-refractivity contribution in [3.63, 3.8) is 0 Å². The Kier molecular flexibility index (Phi) is 7.24. The summed E-state index contributed by atoms with van der Waals surface area (Å²) in [4.78, 5) is 25.7. The van der Waals surface area contributed by atoms with Gasteiger partial charge < -0.3 is 14.1 Å². The second-order valence-corrected chi connectivity index (χ2v) is 6.03. The molecule has 0 unspecified atom stereocenters. The van der Waals surface area contributed by atoms with E-state index in [0.717, 1.165) is 5.56 Å². The van der Waals surface area contributed by atoms with Crippen LogP contribution in [0, 0.1) is 18.3 Å². The van der Waals surface area contributed by atoms with Crippen molar-refractivity contribution in [2.45, 2.75) is 26.2 Å². The molecule has 0 aliphatic rings. The Hall–Kier alpha value is -2.78. The summed E-state index contributed by atoms with van der Waals surface area (Å²) in [6.07, 6.45) is 2.23. The number of carbonyl (C=O) groups is 2. The number of aryl methyl sites for hydroxylation is 2. The van der Waals surface area contributed by atoms with Crippen LogP contribution in [0.1, 0.15) is 24.2 Å². The van der Waals surface area contributed by atoms with Crippen LogP contribution in [0.25, 0.3) is 0 Å². The summed E-state index contributed by atoms with van der Waals surface area (Å²) in [5, 5.41) is 9.41. The number of furan rings is 1. The van der Waals surface area contributed by atoms with Crippen LogP contribution in [0.4, 0.5) is 5.69 Å². The SMILES string of the molecule is Cc1cc(N(CCC#N)C(=O)COC(=O)CCc2ccco2)ccc1Cl. The fraction of sp³-hybridized carbons (Fsp3) is 0.316. The third-order valence-electron chi connectivity index (χ3n) is 3.71. The number of carbonyl (C=O) groups excluding carboxylic acids is 2. The quantitative estimate of drug-likeness (QED) is 0.658. The normalized spacial score (nSPS) is 10.2. The monoisotopic (exact) mass is 374 g/mol. The Bertz CT molecular complexity index is 796. The molecule has 6 nitrogen and oxygen atoms in total. The number of amides is 1. The summed E-state index contributed by atoms with van der Waals surface area (Å²) in [6, 6.07) is 10.7. The summed E-state index contributed by atoms with van der Waals surface area (Å²) in [7, 11) is 0. The minimum atomic E-state index is -0.484. The number of esters is 1. The molecule has 7 heteroatoms. The summed E-state index contributed by atoms with van der Waals surface area (Å²) >= 11 is 6.02. The van der Waals surface area contributed by atoms with Gasteiger partial charge in [-0.2, -0.15) is 5.26 Å². The van der Waals surface area contributed by atoms with E-state index < -0.39 is 11.9 Å². The predicted octanol–water partition coefficient (Wildman–Crippen LogP) is 3.66. The fourth-order valence-corrected chi connectivity index (χ4v) is 2.45. The molecule has 1 aromatic heterocycles. The van der Waals surface area contributed by atoms with Crippen LogP contribution >= 0.6 is 11.6 Å². The first-order valence-electron chi connectivity index (χ1n) is 8.12. The van der Waals surface area contributed by atoms with Crippen molar-refractivity contribution in [3.05, 3.63) is 52.9 Å². The number of nitrogens with zero attached hydrogens (tertiary/aromatic N) is 2. The molecular formula is C19H19ClN2O4. The first kappa shape index (κ1) is 19.5. The van der Waals surface area contributed by atoms with E-state index in [9.17, 15) is 9.59 Å². The van der Waals surface area contributed by atoms with Gasteiger partial charge >= 0.3 is 5.97 Å². The van der Waals surface area contributed by atoms with Gasteiger partial charge in [0.05, 0.1) is 25.2 Å². The van der Waals surface area contributed by atoms with Gasteiger partial charge in [-0.15, -0.1) is 0 Å². The largest absolute Gasteiger partial charge is 0.469 e. The fourth-order valence-electron chi connectivity index (χ4n) is 2.33. The van der Waals surface area contributed by atoms with E-state index in [1.54, 1.807) is 30.3 Å². The number of hydrogen-bond acceptors (Lipinski definition) is 5. The molecule has 0 N–H and O–H groups in total. The third kappa shape index (κ3) is 5.64. The predicted molar refractivity (Wildman–Crippen MR) is 96.8 cm³/mol. The zero-order chi connectivity index (χ0) is 18.9. The van der Waals surface area contributed by atoms with Crippen LogP contribution in [0.5, 0.6) is 0 Å². The molecule has 2 rings (SSSR count). The highest BCUT2D eigenvalue weighted by molar-refractivity contribution is 6.31. The highest BCUT2D eigenvalue weighted by Crippen LogP contribution is 2.23. The van der Waals surface area contributed by atoms with Gasteiger partial charge in [-0.1, -0.05) is 11.6 Å². The molecule has 1 heterocycles. The molecule has 0 saturated heterocycles. The van der Waals surface area contributed by atoms with Gasteiger partial charge in [-0.3, -0.25) is 9.59 Å². The molecule has 1 aromatic carbocycles. The van der Waals surface area contributed by atoms with Gasteiger partial charge in [0.2, 0.25) is 0 Å². The molecule has 2 aromatic rings. The average molecular weight is 375 g/mol. The van der Waals surface area contributed by atoms with E-state index in [-0.39, 0.29) is 26.0 Å². The Morgan fingerprint density at radius 3 is 2.81 bits per heavy atom. The van der Waals surface area contributed by atoms with E-state index in [2.05, 4.69) is 0 Å². The van der Waals surface area contributed by atoms with Crippen molar-refractivity contribution in [2.75, 3.05) is 18.1 Å². The Labute approximate surface area is 156 Å². The number of halogens is 1. The smallest absolute Gasteiger partial charge is 0.306 e. The zero-order valence-corrected chi connectivity index (χ0v) is 15.2. The summed E-state index contributed by atoms with van der Waals surface area (Å²) in [5.41, 5.74) is 1.42. The molecule has 0 spiro atoms. The number of rotatable bonds is 8. The van der Waals surface area contributed by atoms with Crippen molar-refractivity contribution in [1.29, 1.82) is 5.26 Å². The van der Waals surface area contributed by atoms with Crippen molar-refractivity contribution >= 4 is 29.2 Å². The Balaban J connectivity index is 1.94. The molecule has 0 fully saturated rings. The van der Waals surface area contributed by atoms with Crippen LogP contribution in [-0.4, -0.2) is 25.0 Å². The molecule has 0 atom stereocenters. The minimum Gasteiger partial charge on any atom is -0.469 e. The molecule has 136 valence electrons. The zero-order valence-electron chi connectivity index (χ0n) is 14.4. The molecule has 0 saturated carbocycles. The van der Waals surface area contributed by atoms with E-state index >= 15 is 0 Å². The van der Waals surface area contributed by atoms with Gasteiger partial charge in [0.25, 0.3) is 5.91 Å². The van der Waals surface area contributed by atoms with Crippen molar-refractivity contribution in [1.82, 2.24) is 0 Å². The summed E-state index contributed by atoms with van der Waals surface area (Å²) < 4.78 is 10.2. The summed E-state index contributed by atoms with van der Waals surface area (Å²) in [6.45, 7) is 1.65. The molecule has 0 aliphatic carbocycles. The Morgan fingerprint density at radius 2 is 2.15 bits per heavy atom. The highest BCUT2D eigenvalue weighted by Gasteiger charge is 2.18. The maximum Gasteiger partial charge on any atom is 0.306 e. The van der Waals surface area contributed by atoms with Crippen LogP contribution in [0.2, 0.25) is 5.02 Å². The van der Waals surface area contributed by atoms with Gasteiger partial charge in [0.1, 0.15) is 5.76 Å². The summed E-state index contributed by atoms with van der Waals surface area (Å²) in [5.74, 6) is -0.198. The van der Waals surface area contributed by atoms with Crippen LogP contribution in [0.15, 0.2) is 41.0 Å². The van der Waals surface area contributed by atoms with E-state index in [4.69, 9.17) is 26.0 Å². The molecule has 0 bridgehead atoms. The molecule has 0 radical (unpaired) electrons. The lowest BCUT2D eigenvalue weighted by atomic mass is 10.2. The number of benzene rings is 1.